The molecule has 2 rings (SSSR count). The molecule has 26 heavy (non-hydrogen) atoms. The summed E-state index contributed by atoms with van der Waals surface area (Å²) in [5.74, 6) is 0. The average molecular weight is 364 g/mol. The number of hydrogen-bond acceptors (Lipinski definition) is 7. The molecule has 2 atom stereocenters. The maximum absolute atomic E-state index is 11.0. The third-order valence-electron chi connectivity index (χ3n) is 4.62. The number of nitro groups is 1. The van der Waals surface area contributed by atoms with Crippen LogP contribution in [0.2, 0.25) is 0 Å². The van der Waals surface area contributed by atoms with Gasteiger partial charge >= 0.3 is 0 Å². The molecule has 5 N–H and O–H groups in total. The molecule has 0 spiro atoms. The van der Waals surface area contributed by atoms with Crippen LogP contribution in [0, 0.1) is 10.1 Å². The standard InChI is InChI=1S/C18H28N4O4/c19-14-5-6-17(18(11-14)22(25)26)20-8-3-1-2-4-9-21-10-7-16(24)12-15(21)13-23/h1-2,5-6,11,15-16,20,23-24H,3-4,7-10,12-13,19H2/b2-1+. The Bertz CT molecular complexity index is 623. The highest BCUT2D eigenvalue weighted by atomic mass is 16.6. The molecule has 1 aliphatic heterocycles. The number of anilines is 2. The second-order valence-electron chi connectivity index (χ2n) is 6.56. The summed E-state index contributed by atoms with van der Waals surface area (Å²) in [5.41, 5.74) is 6.41. The second-order valence-corrected chi connectivity index (χ2v) is 6.56. The number of rotatable bonds is 9. The van der Waals surface area contributed by atoms with Crippen LogP contribution in [0.15, 0.2) is 30.4 Å². The Hall–Kier alpha value is -2.16. The molecule has 1 saturated heterocycles. The number of nitrogens with zero attached hydrogens (tertiary/aromatic N) is 2. The molecule has 1 aromatic carbocycles. The van der Waals surface area contributed by atoms with Gasteiger partial charge in [0.2, 0.25) is 0 Å². The van der Waals surface area contributed by atoms with Crippen molar-refractivity contribution in [2.24, 2.45) is 0 Å². The van der Waals surface area contributed by atoms with Crippen molar-refractivity contribution in [1.29, 1.82) is 0 Å². The van der Waals surface area contributed by atoms with Crippen molar-refractivity contribution >= 4 is 17.1 Å². The normalized spacial score (nSPS) is 21.2. The van der Waals surface area contributed by atoms with E-state index in [-0.39, 0.29) is 24.4 Å². The van der Waals surface area contributed by atoms with Gasteiger partial charge in [0.25, 0.3) is 5.69 Å². The number of piperidine rings is 1. The molecule has 2 unspecified atom stereocenters. The third kappa shape index (κ3) is 5.98. The Morgan fingerprint density at radius 1 is 1.38 bits per heavy atom. The molecular weight excluding hydrogens is 336 g/mol. The van der Waals surface area contributed by atoms with Crippen LogP contribution in [-0.4, -0.2) is 58.4 Å². The summed E-state index contributed by atoms with van der Waals surface area (Å²) in [6.07, 6.45) is 6.83. The van der Waals surface area contributed by atoms with Crippen LogP contribution in [0.4, 0.5) is 17.1 Å². The van der Waals surface area contributed by atoms with Crippen molar-refractivity contribution in [3.63, 3.8) is 0 Å². The van der Waals surface area contributed by atoms with Crippen LogP contribution in [0.3, 0.4) is 0 Å². The molecule has 1 aliphatic rings. The van der Waals surface area contributed by atoms with Crippen LogP contribution >= 0.6 is 0 Å². The van der Waals surface area contributed by atoms with E-state index in [1.807, 2.05) is 6.08 Å². The number of aliphatic hydroxyl groups excluding tert-OH is 2. The van der Waals surface area contributed by atoms with Crippen molar-refractivity contribution < 1.29 is 15.1 Å². The van der Waals surface area contributed by atoms with E-state index >= 15 is 0 Å². The van der Waals surface area contributed by atoms with Crippen LogP contribution in [0.25, 0.3) is 0 Å². The Morgan fingerprint density at radius 2 is 2.15 bits per heavy atom. The number of aliphatic hydroxyl groups is 2. The van der Waals surface area contributed by atoms with Gasteiger partial charge in [-0.1, -0.05) is 12.2 Å². The molecule has 8 heteroatoms. The Balaban J connectivity index is 1.69. The zero-order valence-corrected chi connectivity index (χ0v) is 14.9. The van der Waals surface area contributed by atoms with Crippen molar-refractivity contribution in [2.45, 2.75) is 37.8 Å². The molecule has 1 heterocycles. The Labute approximate surface area is 153 Å². The maximum Gasteiger partial charge on any atom is 0.294 e. The molecule has 0 amide bonds. The fourth-order valence-electron chi connectivity index (χ4n) is 3.18. The molecular formula is C18H28N4O4. The van der Waals surface area contributed by atoms with E-state index in [1.54, 1.807) is 12.1 Å². The van der Waals surface area contributed by atoms with Gasteiger partial charge in [-0.05, 0) is 37.8 Å². The number of nitrogens with one attached hydrogen (secondary N) is 1. The van der Waals surface area contributed by atoms with Gasteiger partial charge in [-0.3, -0.25) is 15.0 Å². The van der Waals surface area contributed by atoms with Gasteiger partial charge in [0.15, 0.2) is 0 Å². The minimum atomic E-state index is -0.443. The first kappa shape index (κ1) is 20.2. The number of likely N-dealkylation sites (tertiary alicyclic amines) is 1. The van der Waals surface area contributed by atoms with Crippen LogP contribution in [-0.2, 0) is 0 Å². The Kier molecular flexibility index (Phi) is 7.83. The minimum Gasteiger partial charge on any atom is -0.399 e. The monoisotopic (exact) mass is 364 g/mol. The first-order chi connectivity index (χ1) is 12.5. The van der Waals surface area contributed by atoms with Gasteiger partial charge in [0.05, 0.1) is 17.6 Å². The van der Waals surface area contributed by atoms with E-state index in [0.717, 1.165) is 32.4 Å². The Morgan fingerprint density at radius 3 is 2.88 bits per heavy atom. The van der Waals surface area contributed by atoms with E-state index in [0.29, 0.717) is 24.3 Å². The topological polar surface area (TPSA) is 125 Å². The maximum atomic E-state index is 11.0. The summed E-state index contributed by atoms with van der Waals surface area (Å²) in [6, 6.07) is 4.65. The first-order valence-electron chi connectivity index (χ1n) is 8.97. The average Bonchev–Trinajstić information content (AvgIpc) is 2.62. The number of benzene rings is 1. The van der Waals surface area contributed by atoms with Gasteiger partial charge in [0.1, 0.15) is 5.69 Å². The predicted molar refractivity (Wildman–Crippen MR) is 102 cm³/mol. The highest BCUT2D eigenvalue weighted by Gasteiger charge is 2.25. The van der Waals surface area contributed by atoms with Gasteiger partial charge in [-0.2, -0.15) is 0 Å². The lowest BCUT2D eigenvalue weighted by Crippen LogP contribution is -2.46. The SMILES string of the molecule is Nc1ccc(NCC/C=C/CCN2CCC(O)CC2CO)c([N+](=O)[O-])c1. The zero-order chi connectivity index (χ0) is 18.9. The molecule has 0 saturated carbocycles. The number of nitrogen functional groups attached to an aromatic ring is 1. The molecule has 0 aliphatic carbocycles. The molecule has 1 fully saturated rings. The highest BCUT2D eigenvalue weighted by Crippen LogP contribution is 2.26. The lowest BCUT2D eigenvalue weighted by molar-refractivity contribution is -0.383. The van der Waals surface area contributed by atoms with Crippen LogP contribution in [0.1, 0.15) is 25.7 Å². The van der Waals surface area contributed by atoms with Crippen LogP contribution in [0.5, 0.6) is 0 Å². The zero-order valence-electron chi connectivity index (χ0n) is 14.9. The largest absolute Gasteiger partial charge is 0.399 e. The molecule has 0 aromatic heterocycles. The summed E-state index contributed by atoms with van der Waals surface area (Å²) in [5, 5.41) is 33.1. The quantitative estimate of drug-likeness (QED) is 0.173. The van der Waals surface area contributed by atoms with Crippen molar-refractivity contribution in [3.8, 4) is 0 Å². The third-order valence-corrected chi connectivity index (χ3v) is 4.62. The fraction of sp³-hybridized carbons (Fsp3) is 0.556. The van der Waals surface area contributed by atoms with Crippen molar-refractivity contribution in [2.75, 3.05) is 37.3 Å². The number of hydrogen-bond donors (Lipinski definition) is 4. The van der Waals surface area contributed by atoms with Crippen molar-refractivity contribution in [3.05, 3.63) is 40.5 Å². The summed E-state index contributed by atoms with van der Waals surface area (Å²) in [7, 11) is 0. The van der Waals surface area contributed by atoms with E-state index in [2.05, 4.69) is 16.3 Å². The number of nitrogens with two attached hydrogens (primary N) is 1. The van der Waals surface area contributed by atoms with Gasteiger partial charge in [-0.25, -0.2) is 0 Å². The summed E-state index contributed by atoms with van der Waals surface area (Å²) < 4.78 is 0. The summed E-state index contributed by atoms with van der Waals surface area (Å²) in [4.78, 5) is 12.8. The number of nitro benzene ring substituents is 1. The molecule has 0 radical (unpaired) electrons. The molecule has 0 bridgehead atoms. The second kappa shape index (κ2) is 10.1. The lowest BCUT2D eigenvalue weighted by atomic mass is 10.00. The van der Waals surface area contributed by atoms with E-state index in [4.69, 9.17) is 5.73 Å². The van der Waals surface area contributed by atoms with E-state index < -0.39 is 4.92 Å². The lowest BCUT2D eigenvalue weighted by Gasteiger charge is -2.36. The van der Waals surface area contributed by atoms with Crippen molar-refractivity contribution in [1.82, 2.24) is 4.90 Å². The van der Waals surface area contributed by atoms with Gasteiger partial charge in [-0.15, -0.1) is 0 Å². The highest BCUT2D eigenvalue weighted by molar-refractivity contribution is 5.66. The molecule has 1 aromatic rings. The smallest absolute Gasteiger partial charge is 0.294 e. The predicted octanol–water partition coefficient (Wildman–Crippen LogP) is 1.74. The van der Waals surface area contributed by atoms with Gasteiger partial charge in [0, 0.05) is 37.4 Å². The first-order valence-corrected chi connectivity index (χ1v) is 8.97. The molecule has 8 nitrogen and oxygen atoms in total. The van der Waals surface area contributed by atoms with Gasteiger partial charge < -0.3 is 21.3 Å². The van der Waals surface area contributed by atoms with E-state index in [9.17, 15) is 20.3 Å². The molecule has 144 valence electrons. The summed E-state index contributed by atoms with van der Waals surface area (Å²) >= 11 is 0. The summed E-state index contributed by atoms with van der Waals surface area (Å²) in [6.45, 7) is 2.33. The fourth-order valence-corrected chi connectivity index (χ4v) is 3.18. The van der Waals surface area contributed by atoms with Crippen LogP contribution < -0.4 is 11.1 Å². The van der Waals surface area contributed by atoms with E-state index in [1.165, 1.54) is 6.07 Å². The minimum absolute atomic E-state index is 0.0173.